The van der Waals surface area contributed by atoms with E-state index in [1.54, 1.807) is 19.9 Å². The van der Waals surface area contributed by atoms with Crippen molar-refractivity contribution >= 4 is 24.0 Å². The second-order valence-electron chi connectivity index (χ2n) is 6.21. The molecule has 0 heterocycles. The molecular formula is C18H19ClF4N2O. The average molecular weight is 391 g/mol. The molecule has 2 aromatic carbocycles. The topological polar surface area (TPSA) is 55.1 Å². The lowest BCUT2D eigenvalue weighted by molar-refractivity contribution is -0.137. The first-order chi connectivity index (χ1) is 11.5. The van der Waals surface area contributed by atoms with Crippen molar-refractivity contribution in [1.29, 1.82) is 0 Å². The number of hydrogen-bond donors (Lipinski definition) is 2. The summed E-state index contributed by atoms with van der Waals surface area (Å²) in [7, 11) is 0. The minimum absolute atomic E-state index is 0. The van der Waals surface area contributed by atoms with Crippen LogP contribution in [0.25, 0.3) is 0 Å². The number of nitrogens with one attached hydrogen (secondary N) is 1. The predicted molar refractivity (Wildman–Crippen MR) is 94.6 cm³/mol. The van der Waals surface area contributed by atoms with Crippen LogP contribution >= 0.6 is 12.4 Å². The molecule has 0 atom stereocenters. The number of rotatable bonds is 4. The number of carbonyl (C=O) groups excluding carboxylic acids is 1. The second kappa shape index (κ2) is 8.05. The fraction of sp³-hybridized carbons (Fsp3) is 0.278. The van der Waals surface area contributed by atoms with Crippen LogP contribution in [0.5, 0.6) is 0 Å². The minimum Gasteiger partial charge on any atom is -0.326 e. The fourth-order valence-corrected chi connectivity index (χ4v) is 2.34. The molecule has 0 saturated carbocycles. The predicted octanol–water partition coefficient (Wildman–Crippen LogP) is 4.64. The maximum Gasteiger partial charge on any atom is 0.416 e. The van der Waals surface area contributed by atoms with E-state index in [9.17, 15) is 22.4 Å². The molecule has 0 aromatic heterocycles. The largest absolute Gasteiger partial charge is 0.416 e. The number of anilines is 1. The molecule has 2 aromatic rings. The SMILES string of the molecule is CC(C)(C(=O)Nc1cc(CN)cc(C(F)(F)F)c1)c1cccc(F)c1.Cl. The van der Waals surface area contributed by atoms with Gasteiger partial charge in [-0.15, -0.1) is 12.4 Å². The minimum atomic E-state index is -4.55. The van der Waals surface area contributed by atoms with E-state index in [0.29, 0.717) is 5.56 Å². The Balaban J connectivity index is 0.00000338. The van der Waals surface area contributed by atoms with E-state index in [1.807, 2.05) is 0 Å². The van der Waals surface area contributed by atoms with E-state index in [4.69, 9.17) is 5.73 Å². The summed E-state index contributed by atoms with van der Waals surface area (Å²) < 4.78 is 52.3. The van der Waals surface area contributed by atoms with Crippen LogP contribution in [0.3, 0.4) is 0 Å². The van der Waals surface area contributed by atoms with Crippen LogP contribution in [0.2, 0.25) is 0 Å². The van der Waals surface area contributed by atoms with Gasteiger partial charge in [0.15, 0.2) is 0 Å². The molecule has 0 unspecified atom stereocenters. The quantitative estimate of drug-likeness (QED) is 0.747. The highest BCUT2D eigenvalue weighted by Gasteiger charge is 2.33. The smallest absolute Gasteiger partial charge is 0.326 e. The Kier molecular flexibility index (Phi) is 6.79. The summed E-state index contributed by atoms with van der Waals surface area (Å²) in [6.45, 7) is 3.03. The van der Waals surface area contributed by atoms with Gasteiger partial charge in [-0.1, -0.05) is 12.1 Å². The number of hydrogen-bond acceptors (Lipinski definition) is 2. The molecule has 0 fully saturated rings. The highest BCUT2D eigenvalue weighted by atomic mass is 35.5. The molecule has 0 spiro atoms. The third-order valence-corrected chi connectivity index (χ3v) is 3.93. The van der Waals surface area contributed by atoms with E-state index in [1.165, 1.54) is 24.3 Å². The first-order valence-corrected chi connectivity index (χ1v) is 7.53. The van der Waals surface area contributed by atoms with Gasteiger partial charge >= 0.3 is 6.18 Å². The first-order valence-electron chi connectivity index (χ1n) is 7.53. The number of benzene rings is 2. The van der Waals surface area contributed by atoms with E-state index in [-0.39, 0.29) is 30.2 Å². The Hall–Kier alpha value is -2.12. The third kappa shape index (κ3) is 4.95. The van der Waals surface area contributed by atoms with Gasteiger partial charge in [0.25, 0.3) is 0 Å². The zero-order chi connectivity index (χ0) is 18.8. The van der Waals surface area contributed by atoms with Gasteiger partial charge in [0.05, 0.1) is 11.0 Å². The van der Waals surface area contributed by atoms with Crippen molar-refractivity contribution in [3.05, 3.63) is 65.0 Å². The lowest BCUT2D eigenvalue weighted by atomic mass is 9.83. The van der Waals surface area contributed by atoms with E-state index < -0.39 is 28.9 Å². The molecule has 0 bridgehead atoms. The Labute approximate surface area is 155 Å². The van der Waals surface area contributed by atoms with Crippen molar-refractivity contribution in [1.82, 2.24) is 0 Å². The van der Waals surface area contributed by atoms with Crippen LogP contribution in [-0.4, -0.2) is 5.91 Å². The van der Waals surface area contributed by atoms with Crippen LogP contribution in [0.15, 0.2) is 42.5 Å². The molecule has 26 heavy (non-hydrogen) atoms. The van der Waals surface area contributed by atoms with Gasteiger partial charge in [0, 0.05) is 12.2 Å². The molecule has 3 nitrogen and oxygen atoms in total. The van der Waals surface area contributed by atoms with Gasteiger partial charge in [-0.25, -0.2) is 4.39 Å². The maximum absolute atomic E-state index is 13.4. The number of nitrogens with two attached hydrogens (primary N) is 1. The maximum atomic E-state index is 13.4. The molecule has 1 amide bonds. The van der Waals surface area contributed by atoms with Crippen molar-refractivity contribution in [2.45, 2.75) is 32.0 Å². The van der Waals surface area contributed by atoms with E-state index in [0.717, 1.165) is 12.1 Å². The van der Waals surface area contributed by atoms with Crippen molar-refractivity contribution in [3.8, 4) is 0 Å². The fourth-order valence-electron chi connectivity index (χ4n) is 2.34. The molecule has 0 aliphatic heterocycles. The summed E-state index contributed by atoms with van der Waals surface area (Å²) >= 11 is 0. The van der Waals surface area contributed by atoms with Crippen molar-refractivity contribution in [2.24, 2.45) is 5.73 Å². The highest BCUT2D eigenvalue weighted by molar-refractivity contribution is 5.98. The molecule has 0 radical (unpaired) electrons. The first kappa shape index (κ1) is 21.9. The van der Waals surface area contributed by atoms with Crippen LogP contribution < -0.4 is 11.1 Å². The summed E-state index contributed by atoms with van der Waals surface area (Å²) in [5.41, 5.74) is 4.05. The van der Waals surface area contributed by atoms with Gasteiger partial charge in [0.2, 0.25) is 5.91 Å². The van der Waals surface area contributed by atoms with Gasteiger partial charge in [0.1, 0.15) is 5.82 Å². The molecule has 2 rings (SSSR count). The zero-order valence-electron chi connectivity index (χ0n) is 14.2. The summed E-state index contributed by atoms with van der Waals surface area (Å²) in [4.78, 5) is 12.6. The summed E-state index contributed by atoms with van der Waals surface area (Å²) in [6, 6.07) is 8.69. The van der Waals surface area contributed by atoms with Gasteiger partial charge < -0.3 is 11.1 Å². The second-order valence-corrected chi connectivity index (χ2v) is 6.21. The van der Waals surface area contributed by atoms with Crippen LogP contribution in [0.4, 0.5) is 23.2 Å². The molecule has 142 valence electrons. The molecule has 3 N–H and O–H groups in total. The van der Waals surface area contributed by atoms with E-state index >= 15 is 0 Å². The molecule has 0 saturated heterocycles. The third-order valence-electron chi connectivity index (χ3n) is 3.93. The Bertz CT molecular complexity index is 791. The van der Waals surface area contributed by atoms with Crippen LogP contribution in [0, 0.1) is 5.82 Å². The lowest BCUT2D eigenvalue weighted by Gasteiger charge is -2.24. The molecule has 0 aliphatic carbocycles. The van der Waals surface area contributed by atoms with Crippen molar-refractivity contribution < 1.29 is 22.4 Å². The number of amides is 1. The average Bonchev–Trinajstić information content (AvgIpc) is 2.53. The zero-order valence-corrected chi connectivity index (χ0v) is 15.0. The normalized spacial score (nSPS) is 11.7. The van der Waals surface area contributed by atoms with Crippen LogP contribution in [0.1, 0.15) is 30.5 Å². The van der Waals surface area contributed by atoms with E-state index in [2.05, 4.69) is 5.32 Å². The molecule has 0 aliphatic rings. The molecule has 8 heteroatoms. The lowest BCUT2D eigenvalue weighted by Crippen LogP contribution is -2.35. The Morgan fingerprint density at radius 3 is 2.27 bits per heavy atom. The highest BCUT2D eigenvalue weighted by Crippen LogP contribution is 2.33. The number of alkyl halides is 3. The van der Waals surface area contributed by atoms with Gasteiger partial charge in [-0.2, -0.15) is 13.2 Å². The summed E-state index contributed by atoms with van der Waals surface area (Å²) in [5, 5.41) is 2.47. The van der Waals surface area contributed by atoms with Crippen LogP contribution in [-0.2, 0) is 22.9 Å². The molecular weight excluding hydrogens is 372 g/mol. The standard InChI is InChI=1S/C18H18F4N2O.ClH/c1-17(2,12-4-3-5-14(19)8-12)16(25)24-15-7-11(10-23)6-13(9-15)18(20,21)22;/h3-9H,10,23H2,1-2H3,(H,24,25);1H. The summed E-state index contributed by atoms with van der Waals surface area (Å²) in [5.74, 6) is -1.05. The van der Waals surface area contributed by atoms with Gasteiger partial charge in [-0.3, -0.25) is 4.79 Å². The van der Waals surface area contributed by atoms with Crippen molar-refractivity contribution in [3.63, 3.8) is 0 Å². The Morgan fingerprint density at radius 1 is 1.08 bits per heavy atom. The van der Waals surface area contributed by atoms with Crippen molar-refractivity contribution in [2.75, 3.05) is 5.32 Å². The van der Waals surface area contributed by atoms with Gasteiger partial charge in [-0.05, 0) is 55.3 Å². The Morgan fingerprint density at radius 2 is 1.73 bits per heavy atom. The summed E-state index contributed by atoms with van der Waals surface area (Å²) in [6.07, 6.45) is -4.55. The number of carbonyl (C=O) groups is 1. The number of halogens is 5. The monoisotopic (exact) mass is 390 g/mol.